The molecule has 0 saturated carbocycles. The summed E-state index contributed by atoms with van der Waals surface area (Å²) >= 11 is 0. The Balaban J connectivity index is 2.27. The van der Waals surface area contributed by atoms with E-state index in [9.17, 15) is 19.1 Å². The van der Waals surface area contributed by atoms with Crippen molar-refractivity contribution < 1.29 is 14.3 Å². The monoisotopic (exact) mass is 361 g/mol. The highest BCUT2D eigenvalue weighted by Gasteiger charge is 2.28. The highest BCUT2D eigenvalue weighted by atomic mass is 19.1. The number of rotatable bonds is 3. The number of hydrogen-bond acceptors (Lipinski definition) is 4. The molecular weight excluding hydrogens is 337 g/mol. The number of halogens is 1. The number of benzene rings is 1. The molecule has 1 fully saturated rings. The summed E-state index contributed by atoms with van der Waals surface area (Å²) in [6.07, 6.45) is 2.12. The fourth-order valence-electron chi connectivity index (χ4n) is 3.88. The Labute approximate surface area is 151 Å². The fraction of sp³-hybridized carbons (Fsp3) is 0.474. The maximum atomic E-state index is 15.0. The maximum absolute atomic E-state index is 15.0. The minimum Gasteiger partial charge on any atom is -0.477 e. The predicted molar refractivity (Wildman–Crippen MR) is 99.5 cm³/mol. The second-order valence-electron chi connectivity index (χ2n) is 7.07. The van der Waals surface area contributed by atoms with E-state index in [1.54, 1.807) is 11.5 Å². The molecule has 3 N–H and O–H groups in total. The number of aromatic carboxylic acids is 1. The summed E-state index contributed by atoms with van der Waals surface area (Å²) in [5, 5.41) is 9.37. The molecular formula is C19H24FN3O3. The number of nitrogens with zero attached hydrogens (tertiary/aromatic N) is 2. The number of carboxylic acids is 1. The Morgan fingerprint density at radius 2 is 2.15 bits per heavy atom. The van der Waals surface area contributed by atoms with Gasteiger partial charge in [-0.2, -0.15) is 0 Å². The summed E-state index contributed by atoms with van der Waals surface area (Å²) in [5.74, 6) is -1.57. The van der Waals surface area contributed by atoms with Crippen molar-refractivity contribution in [3.05, 3.63) is 39.4 Å². The van der Waals surface area contributed by atoms with E-state index < -0.39 is 17.2 Å². The first-order chi connectivity index (χ1) is 12.3. The van der Waals surface area contributed by atoms with Crippen LogP contribution < -0.4 is 16.1 Å². The fourth-order valence-corrected chi connectivity index (χ4v) is 3.88. The average molecular weight is 361 g/mol. The van der Waals surface area contributed by atoms with Gasteiger partial charge in [0.2, 0.25) is 5.43 Å². The molecule has 26 heavy (non-hydrogen) atoms. The lowest BCUT2D eigenvalue weighted by Crippen LogP contribution is -2.46. The summed E-state index contributed by atoms with van der Waals surface area (Å²) in [7, 11) is 0. The lowest BCUT2D eigenvalue weighted by Gasteiger charge is -2.37. The number of hydrogen-bond donors (Lipinski definition) is 2. The van der Waals surface area contributed by atoms with Crippen LogP contribution in [-0.4, -0.2) is 34.8 Å². The van der Waals surface area contributed by atoms with Crippen LogP contribution in [0.5, 0.6) is 0 Å². The number of pyridine rings is 1. The van der Waals surface area contributed by atoms with Crippen LogP contribution in [0.25, 0.3) is 10.9 Å². The predicted octanol–water partition coefficient (Wildman–Crippen LogP) is 2.34. The Bertz CT molecular complexity index is 938. The number of aryl methyl sites for hydroxylation is 2. The molecule has 0 unspecified atom stereocenters. The summed E-state index contributed by atoms with van der Waals surface area (Å²) in [4.78, 5) is 25.9. The third kappa shape index (κ3) is 2.86. The SMILES string of the molecule is CCn1cc(C(=O)O)c(=O)c2cc(F)c(N3CC[C@H](N)[C@@H](C)C3)c(C)c21. The van der Waals surface area contributed by atoms with E-state index in [-0.39, 0.29) is 22.9 Å². The quantitative estimate of drug-likeness (QED) is 0.876. The first-order valence-electron chi connectivity index (χ1n) is 8.86. The van der Waals surface area contributed by atoms with Gasteiger partial charge in [0.15, 0.2) is 0 Å². The molecule has 2 atom stereocenters. The Morgan fingerprint density at radius 1 is 1.46 bits per heavy atom. The van der Waals surface area contributed by atoms with Crippen LogP contribution in [0.4, 0.5) is 10.1 Å². The zero-order valence-electron chi connectivity index (χ0n) is 15.3. The number of carboxylic acid groups (broad SMARTS) is 1. The van der Waals surface area contributed by atoms with Crippen molar-refractivity contribution in [3.63, 3.8) is 0 Å². The zero-order valence-corrected chi connectivity index (χ0v) is 15.3. The van der Waals surface area contributed by atoms with Crippen molar-refractivity contribution >= 4 is 22.6 Å². The second kappa shape index (κ2) is 6.72. The number of aromatic nitrogens is 1. The van der Waals surface area contributed by atoms with Crippen LogP contribution in [0.2, 0.25) is 0 Å². The Morgan fingerprint density at radius 3 is 2.73 bits per heavy atom. The van der Waals surface area contributed by atoms with Crippen LogP contribution in [0.3, 0.4) is 0 Å². The summed E-state index contributed by atoms with van der Waals surface area (Å²) < 4.78 is 16.7. The molecule has 1 saturated heterocycles. The summed E-state index contributed by atoms with van der Waals surface area (Å²) in [5.41, 5.74) is 6.79. The van der Waals surface area contributed by atoms with Crippen LogP contribution >= 0.6 is 0 Å². The smallest absolute Gasteiger partial charge is 0.341 e. The molecule has 1 aliphatic rings. The van der Waals surface area contributed by atoms with Gasteiger partial charge in [-0.15, -0.1) is 0 Å². The number of fused-ring (bicyclic) bond motifs is 1. The van der Waals surface area contributed by atoms with E-state index in [0.29, 0.717) is 36.4 Å². The third-order valence-corrected chi connectivity index (χ3v) is 5.38. The van der Waals surface area contributed by atoms with Gasteiger partial charge in [0.05, 0.1) is 11.2 Å². The van der Waals surface area contributed by atoms with Crippen molar-refractivity contribution in [1.82, 2.24) is 4.57 Å². The standard InChI is InChI=1S/C19H24FN3O3/c1-4-22-9-13(19(25)26)18(24)12-7-14(20)17(11(3)16(12)22)23-6-5-15(21)10(2)8-23/h7,9-10,15H,4-6,8,21H2,1-3H3,(H,25,26)/t10-,15-/m0/s1. The van der Waals surface area contributed by atoms with E-state index in [0.717, 1.165) is 6.42 Å². The molecule has 1 aliphatic heterocycles. The summed E-state index contributed by atoms with van der Waals surface area (Å²) in [6.45, 7) is 7.47. The molecule has 6 nitrogen and oxygen atoms in total. The molecule has 3 rings (SSSR count). The molecule has 2 heterocycles. The van der Waals surface area contributed by atoms with Gasteiger partial charge in [-0.1, -0.05) is 6.92 Å². The first-order valence-corrected chi connectivity index (χ1v) is 8.86. The van der Waals surface area contributed by atoms with E-state index >= 15 is 0 Å². The van der Waals surface area contributed by atoms with Crippen LogP contribution in [0.15, 0.2) is 17.1 Å². The lowest BCUT2D eigenvalue weighted by atomic mass is 9.93. The van der Waals surface area contributed by atoms with E-state index in [2.05, 4.69) is 0 Å². The minimum absolute atomic E-state index is 0.0991. The largest absolute Gasteiger partial charge is 0.477 e. The second-order valence-corrected chi connectivity index (χ2v) is 7.07. The highest BCUT2D eigenvalue weighted by Crippen LogP contribution is 2.33. The molecule has 0 bridgehead atoms. The van der Waals surface area contributed by atoms with Gasteiger partial charge in [-0.05, 0) is 37.8 Å². The summed E-state index contributed by atoms with van der Waals surface area (Å²) in [6, 6.07) is 1.28. The van der Waals surface area contributed by atoms with Crippen LogP contribution in [-0.2, 0) is 6.54 Å². The molecule has 7 heteroatoms. The van der Waals surface area contributed by atoms with E-state index in [1.165, 1.54) is 12.3 Å². The van der Waals surface area contributed by atoms with Gasteiger partial charge in [-0.25, -0.2) is 9.18 Å². The number of anilines is 1. The van der Waals surface area contributed by atoms with E-state index in [4.69, 9.17) is 5.73 Å². The molecule has 1 aromatic carbocycles. The van der Waals surface area contributed by atoms with Crippen LogP contribution in [0.1, 0.15) is 36.2 Å². The molecule has 0 amide bonds. The van der Waals surface area contributed by atoms with Crippen molar-refractivity contribution in [3.8, 4) is 0 Å². The van der Waals surface area contributed by atoms with Gasteiger partial charge >= 0.3 is 5.97 Å². The lowest BCUT2D eigenvalue weighted by molar-refractivity contribution is 0.0695. The van der Waals surface area contributed by atoms with Gasteiger partial charge < -0.3 is 20.3 Å². The van der Waals surface area contributed by atoms with Crippen molar-refractivity contribution in [2.75, 3.05) is 18.0 Å². The maximum Gasteiger partial charge on any atom is 0.341 e. The van der Waals surface area contributed by atoms with Crippen molar-refractivity contribution in [2.45, 2.75) is 39.8 Å². The van der Waals surface area contributed by atoms with E-state index in [1.807, 2.05) is 18.7 Å². The molecule has 1 aromatic heterocycles. The molecule has 140 valence electrons. The minimum atomic E-state index is -1.31. The Kier molecular flexibility index (Phi) is 4.75. The first kappa shape index (κ1) is 18.4. The molecule has 2 aromatic rings. The third-order valence-electron chi connectivity index (χ3n) is 5.38. The molecule has 0 aliphatic carbocycles. The molecule has 0 spiro atoms. The average Bonchev–Trinajstić information content (AvgIpc) is 2.58. The van der Waals surface area contributed by atoms with Crippen molar-refractivity contribution in [2.24, 2.45) is 11.7 Å². The van der Waals surface area contributed by atoms with Gasteiger partial charge in [0, 0.05) is 37.3 Å². The Hall–Kier alpha value is -2.41. The topological polar surface area (TPSA) is 88.6 Å². The normalized spacial score (nSPS) is 20.6. The highest BCUT2D eigenvalue weighted by molar-refractivity contribution is 5.95. The van der Waals surface area contributed by atoms with Gasteiger partial charge in [0.25, 0.3) is 0 Å². The number of piperidine rings is 1. The van der Waals surface area contributed by atoms with Gasteiger partial charge in [-0.3, -0.25) is 4.79 Å². The van der Waals surface area contributed by atoms with Crippen LogP contribution in [0, 0.1) is 18.7 Å². The zero-order chi connectivity index (χ0) is 19.2. The number of carbonyl (C=O) groups is 1. The van der Waals surface area contributed by atoms with Crippen molar-refractivity contribution in [1.29, 1.82) is 0 Å². The number of nitrogens with two attached hydrogens (primary N) is 1. The van der Waals surface area contributed by atoms with Gasteiger partial charge in [0.1, 0.15) is 11.4 Å². The molecule has 0 radical (unpaired) electrons.